The third kappa shape index (κ3) is 0.495. The summed E-state index contributed by atoms with van der Waals surface area (Å²) >= 11 is 0. The van der Waals surface area contributed by atoms with Crippen molar-refractivity contribution in [2.75, 3.05) is 0 Å². The number of rotatable bonds is 0. The van der Waals surface area contributed by atoms with Gasteiger partial charge in [0.1, 0.15) is 0 Å². The van der Waals surface area contributed by atoms with Crippen LogP contribution < -0.4 is 0 Å². The van der Waals surface area contributed by atoms with Gasteiger partial charge in [0.05, 0.1) is 0 Å². The molecule has 0 nitrogen and oxygen atoms in total. The number of hydrogen-bond donors (Lipinski definition) is 0. The highest BCUT2D eigenvalue weighted by Crippen LogP contribution is 2.45. The Morgan fingerprint density at radius 2 is 2.43 bits per heavy atom. The van der Waals surface area contributed by atoms with Crippen molar-refractivity contribution >= 4 is 0 Å². The van der Waals surface area contributed by atoms with Crippen molar-refractivity contribution in [2.24, 2.45) is 11.8 Å². The molecule has 0 heteroatoms. The fourth-order valence-corrected chi connectivity index (χ4v) is 1.42. The summed E-state index contributed by atoms with van der Waals surface area (Å²) in [4.78, 5) is 0. The SMILES string of the molecule is C1=C[C@@H]2C[C@@H]2CC1. The summed E-state index contributed by atoms with van der Waals surface area (Å²) in [5.74, 6) is 2.14. The third-order valence-electron chi connectivity index (χ3n) is 2.06. The second-order valence-electron chi connectivity index (χ2n) is 2.67. The van der Waals surface area contributed by atoms with Crippen molar-refractivity contribution in [1.29, 1.82) is 0 Å². The van der Waals surface area contributed by atoms with Gasteiger partial charge < -0.3 is 0 Å². The summed E-state index contributed by atoms with van der Waals surface area (Å²) < 4.78 is 0. The van der Waals surface area contributed by atoms with Crippen LogP contribution in [0, 0.1) is 11.8 Å². The molecular weight excluding hydrogens is 84.1 g/mol. The van der Waals surface area contributed by atoms with E-state index in [0.29, 0.717) is 0 Å². The van der Waals surface area contributed by atoms with Gasteiger partial charge in [-0.2, -0.15) is 0 Å². The Labute approximate surface area is 44.2 Å². The molecule has 0 aromatic rings. The van der Waals surface area contributed by atoms with E-state index < -0.39 is 0 Å². The number of fused-ring (bicyclic) bond motifs is 1. The van der Waals surface area contributed by atoms with Crippen molar-refractivity contribution in [2.45, 2.75) is 19.3 Å². The minimum Gasteiger partial charge on any atom is -0.0882 e. The minimum absolute atomic E-state index is 1.02. The topological polar surface area (TPSA) is 0 Å². The molecule has 1 saturated carbocycles. The van der Waals surface area contributed by atoms with E-state index in [-0.39, 0.29) is 0 Å². The van der Waals surface area contributed by atoms with Gasteiger partial charge in [0, 0.05) is 0 Å². The molecule has 0 N–H and O–H groups in total. The predicted octanol–water partition coefficient (Wildman–Crippen LogP) is 1.97. The summed E-state index contributed by atoms with van der Waals surface area (Å²) in [6.45, 7) is 0. The third-order valence-corrected chi connectivity index (χ3v) is 2.06. The average molecular weight is 94.2 g/mol. The summed E-state index contributed by atoms with van der Waals surface area (Å²) in [5, 5.41) is 0. The van der Waals surface area contributed by atoms with Gasteiger partial charge in [-0.05, 0) is 31.1 Å². The van der Waals surface area contributed by atoms with Crippen LogP contribution in [0.3, 0.4) is 0 Å². The van der Waals surface area contributed by atoms with Gasteiger partial charge in [0.2, 0.25) is 0 Å². The van der Waals surface area contributed by atoms with Crippen molar-refractivity contribution in [3.63, 3.8) is 0 Å². The van der Waals surface area contributed by atoms with Gasteiger partial charge in [0.25, 0.3) is 0 Å². The molecule has 2 aliphatic rings. The molecule has 38 valence electrons. The molecule has 0 radical (unpaired) electrons. The highest BCUT2D eigenvalue weighted by Gasteiger charge is 2.35. The molecule has 2 atom stereocenters. The zero-order chi connectivity index (χ0) is 4.69. The van der Waals surface area contributed by atoms with E-state index in [2.05, 4.69) is 12.2 Å². The lowest BCUT2D eigenvalue weighted by Gasteiger charge is -1.96. The maximum Gasteiger partial charge on any atom is -0.0202 e. The average Bonchev–Trinajstić information content (AvgIpc) is 2.41. The first kappa shape index (κ1) is 3.71. The number of allylic oxidation sites excluding steroid dienone is 2. The summed E-state index contributed by atoms with van der Waals surface area (Å²) in [6.07, 6.45) is 9.03. The first-order chi connectivity index (χ1) is 3.47. The molecule has 0 aromatic heterocycles. The maximum absolute atomic E-state index is 2.38. The van der Waals surface area contributed by atoms with E-state index in [1.807, 2.05) is 0 Å². The van der Waals surface area contributed by atoms with Crippen LogP contribution in [0.25, 0.3) is 0 Å². The van der Waals surface area contributed by atoms with Gasteiger partial charge in [-0.1, -0.05) is 12.2 Å². The molecule has 0 amide bonds. The van der Waals surface area contributed by atoms with Crippen molar-refractivity contribution in [3.8, 4) is 0 Å². The maximum atomic E-state index is 2.38. The molecule has 0 unspecified atom stereocenters. The highest BCUT2D eigenvalue weighted by molar-refractivity contribution is 5.06. The lowest BCUT2D eigenvalue weighted by molar-refractivity contribution is 0.682. The highest BCUT2D eigenvalue weighted by atomic mass is 14.4. The van der Waals surface area contributed by atoms with E-state index >= 15 is 0 Å². The van der Waals surface area contributed by atoms with Gasteiger partial charge in [-0.3, -0.25) is 0 Å². The summed E-state index contributed by atoms with van der Waals surface area (Å²) in [7, 11) is 0. The zero-order valence-corrected chi connectivity index (χ0v) is 4.43. The van der Waals surface area contributed by atoms with Crippen LogP contribution in [0.1, 0.15) is 19.3 Å². The van der Waals surface area contributed by atoms with E-state index in [0.717, 1.165) is 11.8 Å². The molecule has 0 saturated heterocycles. The molecule has 7 heavy (non-hydrogen) atoms. The fraction of sp³-hybridized carbons (Fsp3) is 0.714. The van der Waals surface area contributed by atoms with E-state index in [9.17, 15) is 0 Å². The zero-order valence-electron chi connectivity index (χ0n) is 4.43. The second-order valence-corrected chi connectivity index (χ2v) is 2.67. The Kier molecular flexibility index (Phi) is 0.592. The molecule has 0 spiro atoms. The monoisotopic (exact) mass is 94.1 g/mol. The lowest BCUT2D eigenvalue weighted by atomic mass is 10.1. The number of hydrogen-bond acceptors (Lipinski definition) is 0. The standard InChI is InChI=1S/C7H10/c1-2-4-7-5-6(7)3-1/h1,3,6-7H,2,4-5H2/t6-,7+/m1/s1. The summed E-state index contributed by atoms with van der Waals surface area (Å²) in [5.41, 5.74) is 0. The molecule has 2 aliphatic carbocycles. The van der Waals surface area contributed by atoms with Crippen LogP contribution in [-0.2, 0) is 0 Å². The van der Waals surface area contributed by atoms with Crippen LogP contribution in [0.15, 0.2) is 12.2 Å². The molecule has 0 aromatic carbocycles. The Morgan fingerprint density at radius 3 is 3.00 bits per heavy atom. The summed E-state index contributed by atoms with van der Waals surface area (Å²) in [6, 6.07) is 0. The smallest absolute Gasteiger partial charge is 0.0202 e. The molecule has 0 heterocycles. The van der Waals surface area contributed by atoms with Gasteiger partial charge >= 0.3 is 0 Å². The Morgan fingerprint density at radius 1 is 1.43 bits per heavy atom. The Hall–Kier alpha value is -0.260. The van der Waals surface area contributed by atoms with E-state index in [4.69, 9.17) is 0 Å². The predicted molar refractivity (Wildman–Crippen MR) is 30.0 cm³/mol. The second kappa shape index (κ2) is 1.12. The minimum atomic E-state index is 1.02. The first-order valence-electron chi connectivity index (χ1n) is 3.13. The van der Waals surface area contributed by atoms with Crippen molar-refractivity contribution < 1.29 is 0 Å². The Bertz CT molecular complexity index is 103. The van der Waals surface area contributed by atoms with Gasteiger partial charge in [-0.25, -0.2) is 0 Å². The lowest BCUT2D eigenvalue weighted by Crippen LogP contribution is -1.83. The molecule has 0 aliphatic heterocycles. The van der Waals surface area contributed by atoms with Crippen molar-refractivity contribution in [1.82, 2.24) is 0 Å². The molecule has 0 bridgehead atoms. The molecule has 1 fully saturated rings. The molecule has 2 rings (SSSR count). The van der Waals surface area contributed by atoms with Crippen molar-refractivity contribution in [3.05, 3.63) is 12.2 Å². The molecular formula is C7H10. The van der Waals surface area contributed by atoms with Crippen LogP contribution in [0.5, 0.6) is 0 Å². The quantitative estimate of drug-likeness (QED) is 0.402. The van der Waals surface area contributed by atoms with Crippen LogP contribution >= 0.6 is 0 Å². The van der Waals surface area contributed by atoms with Gasteiger partial charge in [0.15, 0.2) is 0 Å². The van der Waals surface area contributed by atoms with Gasteiger partial charge in [-0.15, -0.1) is 0 Å². The van der Waals surface area contributed by atoms with Crippen LogP contribution in [0.2, 0.25) is 0 Å². The first-order valence-corrected chi connectivity index (χ1v) is 3.13. The van der Waals surface area contributed by atoms with E-state index in [1.54, 1.807) is 0 Å². The largest absolute Gasteiger partial charge is 0.0882 e. The van der Waals surface area contributed by atoms with Crippen LogP contribution in [-0.4, -0.2) is 0 Å². The Balaban J connectivity index is 2.14. The van der Waals surface area contributed by atoms with E-state index in [1.165, 1.54) is 19.3 Å². The van der Waals surface area contributed by atoms with Crippen LogP contribution in [0.4, 0.5) is 0 Å². The normalized spacial score (nSPS) is 45.7. The fourth-order valence-electron chi connectivity index (χ4n) is 1.42.